The molecule has 0 bridgehead atoms. The van der Waals surface area contributed by atoms with Crippen molar-refractivity contribution in [3.8, 4) is 0 Å². The maximum atomic E-state index is 13.7. The van der Waals surface area contributed by atoms with E-state index in [1.807, 2.05) is 0 Å². The number of H-pyrrole nitrogens is 1. The Labute approximate surface area is 109 Å². The van der Waals surface area contributed by atoms with Gasteiger partial charge in [0.15, 0.2) is 0 Å². The van der Waals surface area contributed by atoms with Crippen molar-refractivity contribution in [1.82, 2.24) is 4.98 Å². The van der Waals surface area contributed by atoms with E-state index in [-0.39, 0.29) is 16.8 Å². The minimum atomic E-state index is -0.470. The Morgan fingerprint density at radius 1 is 1.32 bits per heavy atom. The zero-order valence-electron chi connectivity index (χ0n) is 10.4. The molecular weight excluding hydrogens is 247 g/mol. The van der Waals surface area contributed by atoms with Crippen LogP contribution in [0.4, 0.5) is 10.1 Å². The average Bonchev–Trinajstić information content (AvgIpc) is 2.41. The molecule has 0 saturated carbocycles. The minimum Gasteiger partial charge on any atom is -0.329 e. The molecule has 0 aliphatic rings. The Balaban J connectivity index is 2.41. The quantitative estimate of drug-likeness (QED) is 0.919. The summed E-state index contributed by atoms with van der Waals surface area (Å²) in [5, 5.41) is 0. The summed E-state index contributed by atoms with van der Waals surface area (Å²) in [6, 6.07) is 8.74. The lowest BCUT2D eigenvalue weighted by Gasteiger charge is -2.21. The van der Waals surface area contributed by atoms with Gasteiger partial charge in [0.25, 0.3) is 5.91 Å². The lowest BCUT2D eigenvalue weighted by molar-refractivity contribution is 0.0987. The number of hydrogen-bond donors (Lipinski definition) is 1. The molecule has 0 radical (unpaired) electrons. The van der Waals surface area contributed by atoms with Crippen LogP contribution in [0.2, 0.25) is 0 Å². The monoisotopic (exact) mass is 260 g/mol. The van der Waals surface area contributed by atoms with Crippen LogP contribution in [0.15, 0.2) is 47.4 Å². The van der Waals surface area contributed by atoms with Gasteiger partial charge < -0.3 is 9.88 Å². The number of pyridine rings is 1. The predicted octanol–water partition coefficient (Wildman–Crippen LogP) is 2.18. The topological polar surface area (TPSA) is 53.2 Å². The van der Waals surface area contributed by atoms with Gasteiger partial charge in [-0.2, -0.15) is 0 Å². The largest absolute Gasteiger partial charge is 0.329 e. The first kappa shape index (κ1) is 13.0. The molecule has 98 valence electrons. The molecule has 4 nitrogen and oxygen atoms in total. The minimum absolute atomic E-state index is 0.204. The molecule has 0 aliphatic heterocycles. The molecule has 19 heavy (non-hydrogen) atoms. The molecule has 0 aliphatic carbocycles. The van der Waals surface area contributed by atoms with Crippen molar-refractivity contribution in [2.24, 2.45) is 0 Å². The highest BCUT2D eigenvalue weighted by molar-refractivity contribution is 6.06. The van der Waals surface area contributed by atoms with Gasteiger partial charge in [-0.3, -0.25) is 9.59 Å². The van der Waals surface area contributed by atoms with E-state index in [1.165, 1.54) is 35.4 Å². The number of carbonyl (C=O) groups is 1. The number of benzene rings is 1. The van der Waals surface area contributed by atoms with Crippen LogP contribution in [0.1, 0.15) is 17.3 Å². The average molecular weight is 260 g/mol. The summed E-state index contributed by atoms with van der Waals surface area (Å²) in [6.07, 6.45) is 1.39. The number of carbonyl (C=O) groups excluding carboxylic acids is 1. The number of anilines is 1. The molecule has 1 N–H and O–H groups in total. The van der Waals surface area contributed by atoms with Crippen LogP contribution in [-0.2, 0) is 0 Å². The molecule has 1 heterocycles. The fraction of sp³-hybridized carbons (Fsp3) is 0.143. The number of hydrogen-bond acceptors (Lipinski definition) is 2. The zero-order chi connectivity index (χ0) is 13.8. The van der Waals surface area contributed by atoms with Gasteiger partial charge in [-0.1, -0.05) is 12.1 Å². The van der Waals surface area contributed by atoms with Gasteiger partial charge in [0.05, 0.1) is 5.69 Å². The van der Waals surface area contributed by atoms with E-state index in [0.717, 1.165) is 0 Å². The number of halogens is 1. The number of aromatic nitrogens is 1. The Morgan fingerprint density at radius 2 is 2.05 bits per heavy atom. The van der Waals surface area contributed by atoms with Crippen LogP contribution in [0.3, 0.4) is 0 Å². The zero-order valence-corrected chi connectivity index (χ0v) is 10.4. The number of aromatic amines is 1. The Kier molecular flexibility index (Phi) is 3.75. The number of rotatable bonds is 3. The number of para-hydroxylation sites is 1. The summed E-state index contributed by atoms with van der Waals surface area (Å²) in [4.78, 5) is 27.2. The molecule has 5 heteroatoms. The van der Waals surface area contributed by atoms with Gasteiger partial charge in [-0.25, -0.2) is 4.39 Å². The van der Waals surface area contributed by atoms with E-state index < -0.39 is 11.7 Å². The van der Waals surface area contributed by atoms with Gasteiger partial charge >= 0.3 is 0 Å². The molecule has 0 spiro atoms. The van der Waals surface area contributed by atoms with Crippen molar-refractivity contribution in [2.75, 3.05) is 11.4 Å². The van der Waals surface area contributed by atoms with Crippen molar-refractivity contribution in [2.45, 2.75) is 6.92 Å². The van der Waals surface area contributed by atoms with Crippen LogP contribution in [0, 0.1) is 5.82 Å². The molecule has 0 fully saturated rings. The maximum Gasteiger partial charge on any atom is 0.258 e. The van der Waals surface area contributed by atoms with Gasteiger partial charge in [0.2, 0.25) is 5.56 Å². The summed E-state index contributed by atoms with van der Waals surface area (Å²) in [5.41, 5.74) is 0.0690. The number of nitrogens with zero attached hydrogens (tertiary/aromatic N) is 1. The summed E-state index contributed by atoms with van der Waals surface area (Å²) >= 11 is 0. The van der Waals surface area contributed by atoms with Gasteiger partial charge in [-0.05, 0) is 25.1 Å². The van der Waals surface area contributed by atoms with Crippen LogP contribution >= 0.6 is 0 Å². The highest BCUT2D eigenvalue weighted by Gasteiger charge is 2.18. The second-order valence-corrected chi connectivity index (χ2v) is 3.94. The lowest BCUT2D eigenvalue weighted by atomic mass is 10.2. The highest BCUT2D eigenvalue weighted by Crippen LogP contribution is 2.20. The second kappa shape index (κ2) is 5.48. The fourth-order valence-corrected chi connectivity index (χ4v) is 1.83. The Morgan fingerprint density at radius 3 is 2.68 bits per heavy atom. The van der Waals surface area contributed by atoms with Crippen LogP contribution in [0.5, 0.6) is 0 Å². The number of nitrogens with one attached hydrogen (secondary N) is 1. The fourth-order valence-electron chi connectivity index (χ4n) is 1.83. The first-order valence-corrected chi connectivity index (χ1v) is 5.88. The smallest absolute Gasteiger partial charge is 0.258 e. The highest BCUT2D eigenvalue weighted by atomic mass is 19.1. The van der Waals surface area contributed by atoms with Gasteiger partial charge in [-0.15, -0.1) is 0 Å². The molecule has 2 aromatic rings. The van der Waals surface area contributed by atoms with Crippen molar-refractivity contribution in [3.63, 3.8) is 0 Å². The van der Waals surface area contributed by atoms with Crippen molar-refractivity contribution >= 4 is 11.6 Å². The maximum absolute atomic E-state index is 13.7. The van der Waals surface area contributed by atoms with E-state index in [2.05, 4.69) is 4.98 Å². The SMILES string of the molecule is CCN(C(=O)c1cc[nH]c(=O)c1)c1ccccc1F. The van der Waals surface area contributed by atoms with Crippen molar-refractivity contribution < 1.29 is 9.18 Å². The molecule has 0 saturated heterocycles. The van der Waals surface area contributed by atoms with E-state index in [0.29, 0.717) is 6.54 Å². The summed E-state index contributed by atoms with van der Waals surface area (Å²) in [7, 11) is 0. The van der Waals surface area contributed by atoms with Crippen LogP contribution < -0.4 is 10.5 Å². The molecule has 0 unspecified atom stereocenters. The lowest BCUT2D eigenvalue weighted by Crippen LogP contribution is -2.32. The van der Waals surface area contributed by atoms with Crippen molar-refractivity contribution in [1.29, 1.82) is 0 Å². The summed E-state index contributed by atoms with van der Waals surface area (Å²) < 4.78 is 13.7. The first-order chi connectivity index (χ1) is 9.13. The van der Waals surface area contributed by atoms with E-state index in [1.54, 1.807) is 19.1 Å². The molecule has 1 amide bonds. The predicted molar refractivity (Wildman–Crippen MR) is 70.8 cm³/mol. The second-order valence-electron chi connectivity index (χ2n) is 3.94. The third kappa shape index (κ3) is 2.70. The summed E-state index contributed by atoms with van der Waals surface area (Å²) in [6.45, 7) is 2.06. The molecule has 1 aromatic heterocycles. The molecular formula is C14H13FN2O2. The Bertz CT molecular complexity index is 652. The summed E-state index contributed by atoms with van der Waals surface area (Å²) in [5.74, 6) is -0.874. The molecule has 1 aromatic carbocycles. The van der Waals surface area contributed by atoms with Crippen LogP contribution in [-0.4, -0.2) is 17.4 Å². The van der Waals surface area contributed by atoms with Gasteiger partial charge in [0.1, 0.15) is 5.82 Å². The van der Waals surface area contributed by atoms with Gasteiger partial charge in [0, 0.05) is 24.4 Å². The third-order valence-corrected chi connectivity index (χ3v) is 2.73. The molecule has 0 atom stereocenters. The van der Waals surface area contributed by atoms with Crippen LogP contribution in [0.25, 0.3) is 0 Å². The third-order valence-electron chi connectivity index (χ3n) is 2.73. The Hall–Kier alpha value is -2.43. The van der Waals surface area contributed by atoms with Crippen molar-refractivity contribution in [3.05, 3.63) is 64.3 Å². The normalized spacial score (nSPS) is 10.2. The van der Waals surface area contributed by atoms with E-state index in [4.69, 9.17) is 0 Å². The molecule has 2 rings (SSSR count). The van der Waals surface area contributed by atoms with E-state index >= 15 is 0 Å². The number of amides is 1. The standard InChI is InChI=1S/C14H13FN2O2/c1-2-17(12-6-4-3-5-11(12)15)14(19)10-7-8-16-13(18)9-10/h3-9H,2H2,1H3,(H,16,18). The van der Waals surface area contributed by atoms with E-state index in [9.17, 15) is 14.0 Å². The first-order valence-electron chi connectivity index (χ1n) is 5.88.